The van der Waals surface area contributed by atoms with Crippen LogP contribution in [0.2, 0.25) is 0 Å². The van der Waals surface area contributed by atoms with Gasteiger partial charge in [0.25, 0.3) is 0 Å². The molecule has 21 heavy (non-hydrogen) atoms. The van der Waals surface area contributed by atoms with Gasteiger partial charge in [0.15, 0.2) is 0 Å². The van der Waals surface area contributed by atoms with Gasteiger partial charge in [-0.2, -0.15) is 5.10 Å². The molecule has 2 unspecified atom stereocenters. The molecule has 0 radical (unpaired) electrons. The molecule has 7 heteroatoms. The molecule has 2 rings (SSSR count). The first-order valence-corrected chi connectivity index (χ1v) is 6.64. The van der Waals surface area contributed by atoms with E-state index in [9.17, 15) is 15.0 Å². The van der Waals surface area contributed by atoms with Crippen molar-refractivity contribution in [2.24, 2.45) is 0 Å². The number of nitrogens with zero attached hydrogens (tertiary/aromatic N) is 1. The fraction of sp³-hybridized carbons (Fsp3) is 0.429. The number of hydrogen-bond acceptors (Lipinski definition) is 6. The third-order valence-corrected chi connectivity index (χ3v) is 3.38. The van der Waals surface area contributed by atoms with E-state index >= 15 is 0 Å². The van der Waals surface area contributed by atoms with Crippen molar-refractivity contribution in [1.29, 1.82) is 0 Å². The average molecular weight is 293 g/mol. The highest BCUT2D eigenvalue weighted by atomic mass is 16.5. The smallest absolute Gasteiger partial charge is 0.338 e. The summed E-state index contributed by atoms with van der Waals surface area (Å²) in [5.41, 5.74) is 1.35. The third kappa shape index (κ3) is 3.21. The molecule has 0 fully saturated rings. The number of hydrogen-bond donors (Lipinski definition) is 4. The van der Waals surface area contributed by atoms with Gasteiger partial charge in [-0.25, -0.2) is 4.79 Å². The van der Waals surface area contributed by atoms with Crippen LogP contribution in [0.3, 0.4) is 0 Å². The van der Waals surface area contributed by atoms with Crippen LogP contribution < -0.4 is 5.32 Å². The van der Waals surface area contributed by atoms with Gasteiger partial charge in [0.05, 0.1) is 30.5 Å². The number of benzene rings is 1. The van der Waals surface area contributed by atoms with Crippen LogP contribution in [0.4, 0.5) is 0 Å². The van der Waals surface area contributed by atoms with Gasteiger partial charge in [0.2, 0.25) is 0 Å². The highest BCUT2D eigenvalue weighted by molar-refractivity contribution is 6.03. The Morgan fingerprint density at radius 1 is 1.48 bits per heavy atom. The molecule has 0 amide bonds. The number of ether oxygens (including phenoxy) is 1. The number of aliphatic hydroxyl groups is 2. The molecule has 0 saturated heterocycles. The Bertz CT molecular complexity index is 626. The summed E-state index contributed by atoms with van der Waals surface area (Å²) in [6.07, 6.45) is -0.0979. The zero-order chi connectivity index (χ0) is 15.4. The van der Waals surface area contributed by atoms with Crippen molar-refractivity contribution >= 4 is 16.9 Å². The van der Waals surface area contributed by atoms with Crippen molar-refractivity contribution in [3.63, 3.8) is 0 Å². The van der Waals surface area contributed by atoms with E-state index in [4.69, 9.17) is 4.74 Å². The molecule has 1 aromatic heterocycles. The Labute approximate surface area is 121 Å². The van der Waals surface area contributed by atoms with E-state index in [2.05, 4.69) is 15.5 Å². The Hall–Kier alpha value is -1.96. The van der Waals surface area contributed by atoms with E-state index in [1.54, 1.807) is 13.1 Å². The Balaban J connectivity index is 2.37. The standard InChI is InChI=1S/C14H19N3O4/c1-15-4-3-12(18)13(19)8-5-9(14(20)21-2)10-7-16-17-11(10)6-8/h5-7,12-13,15,18-19H,3-4H2,1-2H3,(H,16,17). The van der Waals surface area contributed by atoms with Crippen LogP contribution in [0.25, 0.3) is 10.9 Å². The topological polar surface area (TPSA) is 107 Å². The number of esters is 1. The molecule has 2 aromatic rings. The molecule has 0 aliphatic carbocycles. The van der Waals surface area contributed by atoms with Crippen molar-refractivity contribution in [3.8, 4) is 0 Å². The summed E-state index contributed by atoms with van der Waals surface area (Å²) in [5.74, 6) is -0.514. The summed E-state index contributed by atoms with van der Waals surface area (Å²) < 4.78 is 4.74. The largest absolute Gasteiger partial charge is 0.465 e. The van der Waals surface area contributed by atoms with Gasteiger partial charge in [0.1, 0.15) is 6.10 Å². The van der Waals surface area contributed by atoms with Gasteiger partial charge in [0, 0.05) is 5.39 Å². The lowest BCUT2D eigenvalue weighted by Gasteiger charge is -2.18. The monoisotopic (exact) mass is 293 g/mol. The van der Waals surface area contributed by atoms with Gasteiger partial charge in [-0.3, -0.25) is 5.10 Å². The van der Waals surface area contributed by atoms with Crippen LogP contribution in [0, 0.1) is 0 Å². The van der Waals surface area contributed by atoms with Gasteiger partial charge >= 0.3 is 5.97 Å². The maximum atomic E-state index is 11.8. The van der Waals surface area contributed by atoms with Gasteiger partial charge in [-0.1, -0.05) is 0 Å². The van der Waals surface area contributed by atoms with Crippen LogP contribution in [-0.2, 0) is 4.74 Å². The fourth-order valence-corrected chi connectivity index (χ4v) is 2.20. The second-order valence-electron chi connectivity index (χ2n) is 4.80. The van der Waals surface area contributed by atoms with E-state index in [0.29, 0.717) is 35.0 Å². The molecule has 0 saturated carbocycles. The van der Waals surface area contributed by atoms with Gasteiger partial charge < -0.3 is 20.3 Å². The SMILES string of the molecule is CNCCC(O)C(O)c1cc(C(=O)OC)c2cn[nH]c2c1. The molecule has 0 aliphatic heterocycles. The lowest BCUT2D eigenvalue weighted by atomic mass is 9.98. The lowest BCUT2D eigenvalue weighted by Crippen LogP contribution is -2.23. The minimum Gasteiger partial charge on any atom is -0.465 e. The third-order valence-electron chi connectivity index (χ3n) is 3.38. The van der Waals surface area contributed by atoms with Crippen molar-refractivity contribution < 1.29 is 19.7 Å². The summed E-state index contributed by atoms with van der Waals surface area (Å²) in [6.45, 7) is 0.578. The first-order valence-electron chi connectivity index (χ1n) is 6.64. The number of nitrogens with one attached hydrogen (secondary N) is 2. The number of aromatic amines is 1. The zero-order valence-electron chi connectivity index (χ0n) is 12.0. The number of carbonyl (C=O) groups is 1. The Morgan fingerprint density at radius 3 is 2.90 bits per heavy atom. The molecule has 1 heterocycles. The summed E-state index contributed by atoms with van der Waals surface area (Å²) in [5, 5.41) is 30.4. The molecule has 0 aliphatic rings. The fourth-order valence-electron chi connectivity index (χ4n) is 2.20. The van der Waals surface area contributed by atoms with Crippen LogP contribution in [0.15, 0.2) is 18.3 Å². The normalized spacial score (nSPS) is 14.1. The van der Waals surface area contributed by atoms with Crippen molar-refractivity contribution in [1.82, 2.24) is 15.5 Å². The molecular formula is C14H19N3O4. The van der Waals surface area contributed by atoms with Crippen molar-refractivity contribution in [3.05, 3.63) is 29.5 Å². The van der Waals surface area contributed by atoms with E-state index in [-0.39, 0.29) is 0 Å². The molecular weight excluding hydrogens is 274 g/mol. The second kappa shape index (κ2) is 6.66. The minimum atomic E-state index is -1.09. The van der Waals surface area contributed by atoms with Crippen LogP contribution in [0.1, 0.15) is 28.4 Å². The van der Waals surface area contributed by atoms with E-state index in [1.807, 2.05) is 0 Å². The van der Waals surface area contributed by atoms with Gasteiger partial charge in [-0.15, -0.1) is 0 Å². The number of fused-ring (bicyclic) bond motifs is 1. The maximum absolute atomic E-state index is 11.8. The first-order chi connectivity index (χ1) is 10.1. The minimum absolute atomic E-state index is 0.304. The second-order valence-corrected chi connectivity index (χ2v) is 4.80. The predicted octanol–water partition coefficient (Wildman–Crippen LogP) is 0.353. The van der Waals surface area contributed by atoms with E-state index in [1.165, 1.54) is 19.4 Å². The molecule has 114 valence electrons. The molecule has 0 spiro atoms. The summed E-state index contributed by atoms with van der Waals surface area (Å²) in [6, 6.07) is 3.19. The lowest BCUT2D eigenvalue weighted by molar-refractivity contribution is 0.0140. The van der Waals surface area contributed by atoms with Crippen molar-refractivity contribution in [2.45, 2.75) is 18.6 Å². The van der Waals surface area contributed by atoms with Crippen molar-refractivity contribution in [2.75, 3.05) is 20.7 Å². The predicted molar refractivity (Wildman–Crippen MR) is 76.9 cm³/mol. The quantitative estimate of drug-likeness (QED) is 0.573. The van der Waals surface area contributed by atoms with E-state index < -0.39 is 18.2 Å². The highest BCUT2D eigenvalue weighted by Crippen LogP contribution is 2.26. The molecule has 0 bridgehead atoms. The number of rotatable bonds is 6. The number of H-pyrrole nitrogens is 1. The highest BCUT2D eigenvalue weighted by Gasteiger charge is 2.22. The van der Waals surface area contributed by atoms with Crippen LogP contribution in [0.5, 0.6) is 0 Å². The summed E-state index contributed by atoms with van der Waals surface area (Å²) in [4.78, 5) is 11.8. The summed E-state index contributed by atoms with van der Waals surface area (Å²) >= 11 is 0. The molecule has 2 atom stereocenters. The number of methoxy groups -OCH3 is 1. The average Bonchev–Trinajstić information content (AvgIpc) is 2.98. The van der Waals surface area contributed by atoms with Crippen LogP contribution >= 0.6 is 0 Å². The first kappa shape index (κ1) is 15.4. The van der Waals surface area contributed by atoms with E-state index in [0.717, 1.165) is 0 Å². The number of aliphatic hydroxyl groups excluding tert-OH is 2. The maximum Gasteiger partial charge on any atom is 0.338 e. The zero-order valence-corrected chi connectivity index (χ0v) is 12.0. The van der Waals surface area contributed by atoms with Gasteiger partial charge in [-0.05, 0) is 37.7 Å². The number of aromatic nitrogens is 2. The van der Waals surface area contributed by atoms with Crippen LogP contribution in [-0.4, -0.2) is 53.2 Å². The molecule has 1 aromatic carbocycles. The molecule has 4 N–H and O–H groups in total. The Morgan fingerprint density at radius 2 is 2.24 bits per heavy atom. The number of carbonyl (C=O) groups excluding carboxylic acids is 1. The molecule has 7 nitrogen and oxygen atoms in total. The Kier molecular flexibility index (Phi) is 4.89. The summed E-state index contributed by atoms with van der Waals surface area (Å²) in [7, 11) is 3.06.